The molecular weight excluding hydrogens is 504 g/mol. The Labute approximate surface area is 211 Å². The summed E-state index contributed by atoms with van der Waals surface area (Å²) in [6.07, 6.45) is -1.07. The Kier molecular flexibility index (Phi) is 6.42. The monoisotopic (exact) mass is 526 g/mol. The predicted octanol–water partition coefficient (Wildman–Crippen LogP) is 4.59. The molecule has 1 atom stereocenters. The number of hydrogen-bond donors (Lipinski definition) is 1. The highest BCUT2D eigenvalue weighted by Crippen LogP contribution is 2.43. The van der Waals surface area contributed by atoms with Gasteiger partial charge in [0.05, 0.1) is 23.3 Å². The Morgan fingerprint density at radius 2 is 1.78 bits per heavy atom. The molecule has 0 bridgehead atoms. The molecule has 0 saturated carbocycles. The normalized spacial score (nSPS) is 13.4. The fourth-order valence-corrected chi connectivity index (χ4v) is 5.50. The first kappa shape index (κ1) is 23.9. The van der Waals surface area contributed by atoms with Gasteiger partial charge in [-0.05, 0) is 48.5 Å². The van der Waals surface area contributed by atoms with Crippen LogP contribution in [0.5, 0.6) is 23.0 Å². The van der Waals surface area contributed by atoms with E-state index in [1.54, 1.807) is 62.6 Å². The van der Waals surface area contributed by atoms with Crippen molar-refractivity contribution in [2.75, 3.05) is 25.0 Å². The number of methoxy groups -OCH3 is 1. The number of rotatable bonds is 8. The second kappa shape index (κ2) is 9.67. The molecule has 5 rings (SSSR count). The Bertz CT molecular complexity index is 1510. The maximum Gasteiger partial charge on any atom is 0.271 e. The molecule has 4 aromatic rings. The number of carbonyl (C=O) groups excluding carboxylic acids is 1. The third kappa shape index (κ3) is 4.67. The van der Waals surface area contributed by atoms with E-state index in [9.17, 15) is 13.2 Å². The minimum atomic E-state index is -3.38. The van der Waals surface area contributed by atoms with Crippen molar-refractivity contribution in [3.63, 3.8) is 0 Å². The third-order valence-corrected chi connectivity index (χ3v) is 8.33. The number of benzene rings is 3. The van der Waals surface area contributed by atoms with E-state index in [1.165, 1.54) is 23.5 Å². The van der Waals surface area contributed by atoms with Crippen LogP contribution in [-0.2, 0) is 14.6 Å². The Morgan fingerprint density at radius 3 is 2.47 bits per heavy atom. The van der Waals surface area contributed by atoms with Crippen LogP contribution in [0.4, 0.5) is 5.13 Å². The highest BCUT2D eigenvalue weighted by atomic mass is 32.2. The molecule has 0 fully saturated rings. The highest BCUT2D eigenvalue weighted by molar-refractivity contribution is 7.91. The van der Waals surface area contributed by atoms with Crippen LogP contribution >= 0.6 is 11.3 Å². The van der Waals surface area contributed by atoms with E-state index >= 15 is 0 Å². The highest BCUT2D eigenvalue weighted by Gasteiger charge is 2.26. The van der Waals surface area contributed by atoms with Gasteiger partial charge in [0.1, 0.15) is 16.2 Å². The molecular formula is C25H22N2O7S2. The van der Waals surface area contributed by atoms with Crippen LogP contribution in [0.1, 0.15) is 18.6 Å². The molecule has 1 amide bonds. The van der Waals surface area contributed by atoms with Gasteiger partial charge in [-0.25, -0.2) is 13.4 Å². The quantitative estimate of drug-likeness (QED) is 0.355. The molecule has 0 saturated heterocycles. The summed E-state index contributed by atoms with van der Waals surface area (Å²) in [6.45, 7) is 1.71. The lowest BCUT2D eigenvalue weighted by Crippen LogP contribution is -2.25. The maximum absolute atomic E-state index is 13.4. The molecule has 9 nitrogen and oxygen atoms in total. The molecule has 3 aromatic carbocycles. The molecule has 1 aliphatic rings. The van der Waals surface area contributed by atoms with Gasteiger partial charge in [0.15, 0.2) is 26.5 Å². The van der Waals surface area contributed by atoms with Crippen molar-refractivity contribution in [1.29, 1.82) is 0 Å². The van der Waals surface area contributed by atoms with Gasteiger partial charge in [-0.3, -0.25) is 10.1 Å². The molecule has 1 N–H and O–H groups in total. The Hall–Kier alpha value is -3.83. The molecule has 11 heteroatoms. The van der Waals surface area contributed by atoms with Crippen LogP contribution < -0.4 is 24.3 Å². The van der Waals surface area contributed by atoms with Gasteiger partial charge in [0, 0.05) is 5.56 Å². The summed E-state index contributed by atoms with van der Waals surface area (Å²) in [7, 11) is -1.82. The Morgan fingerprint density at radius 1 is 1.06 bits per heavy atom. The van der Waals surface area contributed by atoms with Gasteiger partial charge in [-0.2, -0.15) is 0 Å². The molecule has 36 heavy (non-hydrogen) atoms. The maximum atomic E-state index is 13.4. The Balaban J connectivity index is 1.45. The first-order valence-electron chi connectivity index (χ1n) is 11.0. The summed E-state index contributed by atoms with van der Waals surface area (Å²) in [5.74, 6) is 1.83. The van der Waals surface area contributed by atoms with Crippen molar-refractivity contribution >= 4 is 42.4 Å². The summed E-state index contributed by atoms with van der Waals surface area (Å²) in [5.41, 5.74) is 1.15. The van der Waals surface area contributed by atoms with Crippen molar-refractivity contribution in [2.45, 2.75) is 17.9 Å². The number of fused-ring (bicyclic) bond motifs is 3. The SMILES string of the molecule is CCS(=O)(=O)c1ccc(C(Oc2ccc(OC)cc2)C(=O)Nc2nc3ccc4c(c3s2)OCO4)cc1. The van der Waals surface area contributed by atoms with Crippen LogP contribution in [0.2, 0.25) is 0 Å². The smallest absolute Gasteiger partial charge is 0.271 e. The lowest BCUT2D eigenvalue weighted by Gasteiger charge is -2.19. The summed E-state index contributed by atoms with van der Waals surface area (Å²) in [5, 5.41) is 3.19. The second-order valence-electron chi connectivity index (χ2n) is 7.80. The minimum absolute atomic E-state index is 0.0192. The molecule has 2 heterocycles. The van der Waals surface area contributed by atoms with Crippen molar-refractivity contribution in [3.8, 4) is 23.0 Å². The first-order chi connectivity index (χ1) is 17.4. The van der Waals surface area contributed by atoms with E-state index in [2.05, 4.69) is 10.3 Å². The van der Waals surface area contributed by atoms with E-state index in [4.69, 9.17) is 18.9 Å². The molecule has 186 valence electrons. The van der Waals surface area contributed by atoms with Crippen molar-refractivity contribution in [3.05, 3.63) is 66.2 Å². The van der Waals surface area contributed by atoms with Crippen LogP contribution in [0.3, 0.4) is 0 Å². The zero-order valence-corrected chi connectivity index (χ0v) is 21.0. The number of nitrogens with one attached hydrogen (secondary N) is 1. The third-order valence-electron chi connectivity index (χ3n) is 5.60. The van der Waals surface area contributed by atoms with E-state index in [0.717, 1.165) is 4.70 Å². The number of thiazole rings is 1. The van der Waals surface area contributed by atoms with E-state index < -0.39 is 21.8 Å². The van der Waals surface area contributed by atoms with Crippen LogP contribution in [0.15, 0.2) is 65.6 Å². The molecule has 0 radical (unpaired) electrons. The zero-order chi connectivity index (χ0) is 25.3. The molecule has 1 aromatic heterocycles. The zero-order valence-electron chi connectivity index (χ0n) is 19.4. The van der Waals surface area contributed by atoms with Crippen LogP contribution in [-0.4, -0.2) is 39.0 Å². The minimum Gasteiger partial charge on any atom is -0.497 e. The number of nitrogens with zero attached hydrogens (tertiary/aromatic N) is 1. The molecule has 1 unspecified atom stereocenters. The molecule has 1 aliphatic heterocycles. The van der Waals surface area contributed by atoms with Gasteiger partial charge in [0.2, 0.25) is 12.9 Å². The van der Waals surface area contributed by atoms with Crippen molar-refractivity contribution in [2.24, 2.45) is 0 Å². The number of hydrogen-bond acceptors (Lipinski definition) is 9. The lowest BCUT2D eigenvalue weighted by molar-refractivity contribution is -0.123. The number of anilines is 1. The fourth-order valence-electron chi connectivity index (χ4n) is 3.66. The van der Waals surface area contributed by atoms with Crippen molar-refractivity contribution in [1.82, 2.24) is 4.98 Å². The van der Waals surface area contributed by atoms with Gasteiger partial charge in [-0.15, -0.1) is 0 Å². The average Bonchev–Trinajstić information content (AvgIpc) is 3.54. The fraction of sp³-hybridized carbons (Fsp3) is 0.200. The predicted molar refractivity (Wildman–Crippen MR) is 135 cm³/mol. The van der Waals surface area contributed by atoms with E-state index in [-0.39, 0.29) is 17.4 Å². The number of amides is 1. The van der Waals surface area contributed by atoms with E-state index in [0.29, 0.717) is 39.2 Å². The lowest BCUT2D eigenvalue weighted by atomic mass is 10.1. The number of aromatic nitrogens is 1. The van der Waals surface area contributed by atoms with Gasteiger partial charge < -0.3 is 18.9 Å². The summed E-state index contributed by atoms with van der Waals surface area (Å²) in [4.78, 5) is 18.1. The van der Waals surface area contributed by atoms with E-state index in [1.807, 2.05) is 0 Å². The summed E-state index contributed by atoms with van der Waals surface area (Å²) >= 11 is 1.26. The van der Waals surface area contributed by atoms with Crippen LogP contribution in [0, 0.1) is 0 Å². The van der Waals surface area contributed by atoms with Gasteiger partial charge >= 0.3 is 0 Å². The number of carbonyl (C=O) groups is 1. The van der Waals surface area contributed by atoms with Crippen LogP contribution in [0.25, 0.3) is 10.2 Å². The first-order valence-corrected chi connectivity index (χ1v) is 13.5. The number of ether oxygens (including phenoxy) is 4. The van der Waals surface area contributed by atoms with Gasteiger partial charge in [-0.1, -0.05) is 30.4 Å². The average molecular weight is 527 g/mol. The summed E-state index contributed by atoms with van der Waals surface area (Å²) in [6, 6.07) is 16.5. The topological polar surface area (TPSA) is 113 Å². The molecule has 0 aliphatic carbocycles. The van der Waals surface area contributed by atoms with Gasteiger partial charge in [0.25, 0.3) is 5.91 Å². The number of sulfone groups is 1. The molecule has 0 spiro atoms. The van der Waals surface area contributed by atoms with Crippen molar-refractivity contribution < 1.29 is 32.2 Å². The standard InChI is InChI=1S/C25H22N2O7S2/c1-3-36(29,30)18-10-4-15(5-11-18)21(34-17-8-6-16(31-2)7-9-17)24(28)27-25-26-19-12-13-20-22(23(19)35-25)33-14-32-20/h4-13,21H,3,14H2,1-2H3,(H,26,27,28). The summed E-state index contributed by atoms with van der Waals surface area (Å²) < 4.78 is 47.4. The second-order valence-corrected chi connectivity index (χ2v) is 11.1. The largest absolute Gasteiger partial charge is 0.497 e.